The van der Waals surface area contributed by atoms with Gasteiger partial charge in [-0.2, -0.15) is 0 Å². The fraction of sp³-hybridized carbons (Fsp3) is 0.750. The molecule has 0 amide bonds. The van der Waals surface area contributed by atoms with Crippen molar-refractivity contribution in [3.05, 3.63) is 5.88 Å². The van der Waals surface area contributed by atoms with E-state index in [0.29, 0.717) is 5.88 Å². The molecular weight excluding hydrogens is 119 g/mol. The zero-order valence-corrected chi connectivity index (χ0v) is 4.97. The number of halogens is 2. The van der Waals surface area contributed by atoms with Crippen LogP contribution in [0.15, 0.2) is 0 Å². The monoisotopic (exact) mass is 125 g/mol. The Kier molecular flexibility index (Phi) is 6.12. The van der Waals surface area contributed by atoms with E-state index < -0.39 is 0 Å². The summed E-state index contributed by atoms with van der Waals surface area (Å²) in [7, 11) is 0. The van der Waals surface area contributed by atoms with Gasteiger partial charge in [-0.05, 0) is 12.8 Å². The molecule has 0 aromatic rings. The van der Waals surface area contributed by atoms with Crippen molar-refractivity contribution in [2.24, 2.45) is 0 Å². The van der Waals surface area contributed by atoms with Crippen LogP contribution < -0.4 is 0 Å². The predicted molar refractivity (Wildman–Crippen MR) is 30.1 cm³/mol. The first-order valence-corrected chi connectivity index (χ1v) is 2.86. The molecule has 0 unspecified atom stereocenters. The quantitative estimate of drug-likeness (QED) is 0.402. The van der Waals surface area contributed by atoms with Crippen LogP contribution in [0.1, 0.15) is 12.8 Å². The van der Waals surface area contributed by atoms with E-state index in [2.05, 4.69) is 0 Å². The maximum absolute atomic E-state index is 5.30. The molecule has 2 heteroatoms. The smallest absolute Gasteiger partial charge is 0.0500 e. The Bertz CT molecular complexity index is 17.5. The number of rotatable bonds is 3. The van der Waals surface area contributed by atoms with Gasteiger partial charge in [-0.3, -0.25) is 0 Å². The Hall–Kier alpha value is 0.580. The van der Waals surface area contributed by atoms with Crippen LogP contribution in [0.3, 0.4) is 0 Å². The molecule has 0 nitrogen and oxygen atoms in total. The van der Waals surface area contributed by atoms with E-state index in [4.69, 9.17) is 23.2 Å². The van der Waals surface area contributed by atoms with E-state index >= 15 is 0 Å². The van der Waals surface area contributed by atoms with Crippen molar-refractivity contribution in [2.45, 2.75) is 12.8 Å². The molecule has 0 aliphatic carbocycles. The summed E-state index contributed by atoms with van der Waals surface area (Å²) in [4.78, 5) is 0. The van der Waals surface area contributed by atoms with Crippen LogP contribution in [-0.2, 0) is 0 Å². The third-order valence-corrected chi connectivity index (χ3v) is 0.932. The lowest BCUT2D eigenvalue weighted by Crippen LogP contribution is -1.69. The number of unbranched alkanes of at least 4 members (excludes halogenated alkanes) is 1. The Labute approximate surface area is 48.4 Å². The molecule has 0 aromatic carbocycles. The van der Waals surface area contributed by atoms with E-state index in [9.17, 15) is 0 Å². The van der Waals surface area contributed by atoms with Gasteiger partial charge in [0.05, 0.1) is 0 Å². The fourth-order valence-corrected chi connectivity index (χ4v) is 0.463. The Balaban J connectivity index is 2.34. The minimum absolute atomic E-state index is 0.712. The van der Waals surface area contributed by atoms with Crippen LogP contribution >= 0.6 is 23.2 Å². The zero-order chi connectivity index (χ0) is 4.83. The molecule has 0 bridgehead atoms. The van der Waals surface area contributed by atoms with Crippen LogP contribution in [0.4, 0.5) is 0 Å². The summed E-state index contributed by atoms with van der Waals surface area (Å²) in [6, 6.07) is 0. The van der Waals surface area contributed by atoms with Gasteiger partial charge in [0.15, 0.2) is 0 Å². The van der Waals surface area contributed by atoms with E-state index in [1.807, 2.05) is 0 Å². The average molecular weight is 126 g/mol. The molecule has 0 aliphatic rings. The molecule has 0 spiro atoms. The highest BCUT2D eigenvalue weighted by atomic mass is 35.5. The largest absolute Gasteiger partial charge is 0.127 e. The van der Waals surface area contributed by atoms with Crippen molar-refractivity contribution in [1.82, 2.24) is 0 Å². The summed E-state index contributed by atoms with van der Waals surface area (Å²) >= 11 is 10.5. The molecule has 0 rings (SSSR count). The van der Waals surface area contributed by atoms with Crippen LogP contribution in [0.25, 0.3) is 0 Å². The van der Waals surface area contributed by atoms with E-state index in [-0.39, 0.29) is 0 Å². The van der Waals surface area contributed by atoms with E-state index in [1.165, 1.54) is 0 Å². The first kappa shape index (κ1) is 6.58. The van der Waals surface area contributed by atoms with Gasteiger partial charge in [0.25, 0.3) is 0 Å². The fourth-order valence-electron chi connectivity index (χ4n) is 0.154. The molecule has 0 saturated heterocycles. The SMILES string of the molecule is Cl[CH]CCCCl. The van der Waals surface area contributed by atoms with Gasteiger partial charge in [-0.15, -0.1) is 23.2 Å². The average Bonchev–Trinajstić information content (AvgIpc) is 1.61. The van der Waals surface area contributed by atoms with Crippen molar-refractivity contribution in [3.63, 3.8) is 0 Å². The molecule has 0 fully saturated rings. The Morgan fingerprint density at radius 3 is 2.33 bits per heavy atom. The minimum Gasteiger partial charge on any atom is -0.127 e. The second kappa shape index (κ2) is 5.58. The molecule has 0 saturated carbocycles. The molecule has 0 aliphatic heterocycles. The second-order valence-electron chi connectivity index (χ2n) is 0.986. The third kappa shape index (κ3) is 4.58. The zero-order valence-electron chi connectivity index (χ0n) is 3.45. The summed E-state index contributed by atoms with van der Waals surface area (Å²) in [6.45, 7) is 0. The number of hydrogen-bond acceptors (Lipinski definition) is 0. The number of alkyl halides is 1. The van der Waals surface area contributed by atoms with Gasteiger partial charge in [-0.1, -0.05) is 0 Å². The van der Waals surface area contributed by atoms with Crippen molar-refractivity contribution in [2.75, 3.05) is 5.88 Å². The highest BCUT2D eigenvalue weighted by Gasteiger charge is 1.79. The molecule has 37 valence electrons. The lowest BCUT2D eigenvalue weighted by Gasteiger charge is -1.82. The molecule has 6 heavy (non-hydrogen) atoms. The predicted octanol–water partition coefficient (Wildman–Crippen LogP) is 2.41. The normalized spacial score (nSPS) is 9.00. The van der Waals surface area contributed by atoms with Crippen molar-refractivity contribution in [3.8, 4) is 0 Å². The van der Waals surface area contributed by atoms with Gasteiger partial charge in [-0.25, -0.2) is 0 Å². The van der Waals surface area contributed by atoms with Gasteiger partial charge < -0.3 is 0 Å². The summed E-state index contributed by atoms with van der Waals surface area (Å²) < 4.78 is 0. The van der Waals surface area contributed by atoms with Gasteiger partial charge in [0.1, 0.15) is 0 Å². The van der Waals surface area contributed by atoms with Crippen molar-refractivity contribution < 1.29 is 0 Å². The van der Waals surface area contributed by atoms with Crippen LogP contribution in [0.2, 0.25) is 0 Å². The van der Waals surface area contributed by atoms with E-state index in [1.54, 1.807) is 5.88 Å². The lowest BCUT2D eigenvalue weighted by atomic mass is 10.4. The maximum Gasteiger partial charge on any atom is 0.0500 e. The summed E-state index contributed by atoms with van der Waals surface area (Å²) in [5.41, 5.74) is 0. The van der Waals surface area contributed by atoms with Crippen LogP contribution in [0, 0.1) is 5.88 Å². The Morgan fingerprint density at radius 2 is 2.17 bits per heavy atom. The first-order chi connectivity index (χ1) is 2.91. The van der Waals surface area contributed by atoms with Gasteiger partial charge >= 0.3 is 0 Å². The molecule has 0 atom stereocenters. The topological polar surface area (TPSA) is 0 Å². The highest BCUT2D eigenvalue weighted by Crippen LogP contribution is 1.97. The third-order valence-electron chi connectivity index (χ3n) is 0.447. The molecule has 0 aromatic heterocycles. The van der Waals surface area contributed by atoms with E-state index in [0.717, 1.165) is 12.8 Å². The lowest BCUT2D eigenvalue weighted by molar-refractivity contribution is 0.949. The minimum atomic E-state index is 0.712. The summed E-state index contributed by atoms with van der Waals surface area (Å²) in [6.07, 6.45) is 1.91. The molecule has 0 heterocycles. The van der Waals surface area contributed by atoms with Crippen LogP contribution in [0.5, 0.6) is 0 Å². The highest BCUT2D eigenvalue weighted by molar-refractivity contribution is 6.23. The van der Waals surface area contributed by atoms with Gasteiger partial charge in [0.2, 0.25) is 0 Å². The van der Waals surface area contributed by atoms with Crippen LogP contribution in [-0.4, -0.2) is 5.88 Å². The Morgan fingerprint density at radius 1 is 1.50 bits per heavy atom. The van der Waals surface area contributed by atoms with Crippen molar-refractivity contribution in [1.29, 1.82) is 0 Å². The molecule has 1 radical (unpaired) electrons. The first-order valence-electron chi connectivity index (χ1n) is 1.89. The second-order valence-corrected chi connectivity index (χ2v) is 1.67. The maximum atomic E-state index is 5.30. The molecular formula is C4H7Cl2. The number of hydrogen-bond donors (Lipinski definition) is 0. The van der Waals surface area contributed by atoms with Crippen molar-refractivity contribution >= 4 is 23.2 Å². The summed E-state index contributed by atoms with van der Waals surface area (Å²) in [5, 5.41) is 0. The van der Waals surface area contributed by atoms with Gasteiger partial charge in [0, 0.05) is 11.8 Å². The molecule has 0 N–H and O–H groups in total. The standard InChI is InChI=1S/C4H7Cl2/c5-3-1-2-4-6/h3H,1-2,4H2. The summed E-state index contributed by atoms with van der Waals surface area (Å²) in [5.74, 6) is 2.31.